The molecule has 0 aliphatic carbocycles. The lowest BCUT2D eigenvalue weighted by Crippen LogP contribution is -2.08. The molecule has 58 valence electrons. The van der Waals surface area contributed by atoms with Crippen molar-refractivity contribution < 1.29 is 0 Å². The van der Waals surface area contributed by atoms with Crippen LogP contribution in [0.3, 0.4) is 0 Å². The lowest BCUT2D eigenvalue weighted by Gasteiger charge is -2.03. The van der Waals surface area contributed by atoms with Crippen LogP contribution in [0.15, 0.2) is 12.5 Å². The lowest BCUT2D eigenvalue weighted by atomic mass is 10.3. The van der Waals surface area contributed by atoms with Gasteiger partial charge in [0.05, 0.1) is 12.0 Å². The molecule has 0 amide bonds. The standard InChI is InChI=1S/C6H11N3.ClH/c1-5(7)6-3-8-4-9(6)2;/h3-5H,7H2,1-2H3;1H. The van der Waals surface area contributed by atoms with Gasteiger partial charge in [-0.15, -0.1) is 12.4 Å². The van der Waals surface area contributed by atoms with Crippen molar-refractivity contribution in [3.05, 3.63) is 18.2 Å². The molecule has 0 saturated heterocycles. The summed E-state index contributed by atoms with van der Waals surface area (Å²) in [7, 11) is 1.94. The van der Waals surface area contributed by atoms with Crippen LogP contribution >= 0.6 is 12.4 Å². The highest BCUT2D eigenvalue weighted by Gasteiger charge is 2.01. The summed E-state index contributed by atoms with van der Waals surface area (Å²) in [5.74, 6) is 0. The number of halogens is 1. The maximum Gasteiger partial charge on any atom is 0.0946 e. The fourth-order valence-corrected chi connectivity index (χ4v) is 0.806. The van der Waals surface area contributed by atoms with Crippen LogP contribution in [0, 0.1) is 0 Å². The van der Waals surface area contributed by atoms with Gasteiger partial charge in [0.1, 0.15) is 0 Å². The summed E-state index contributed by atoms with van der Waals surface area (Å²) < 4.78 is 1.92. The second-order valence-electron chi connectivity index (χ2n) is 2.22. The van der Waals surface area contributed by atoms with Crippen LogP contribution in [0.4, 0.5) is 0 Å². The Morgan fingerprint density at radius 3 is 2.50 bits per heavy atom. The molecule has 1 heterocycles. The minimum absolute atomic E-state index is 0. The van der Waals surface area contributed by atoms with Crippen molar-refractivity contribution in [3.8, 4) is 0 Å². The van der Waals surface area contributed by atoms with Gasteiger partial charge in [0.15, 0.2) is 0 Å². The summed E-state index contributed by atoms with van der Waals surface area (Å²) in [6.45, 7) is 1.94. The highest BCUT2D eigenvalue weighted by atomic mass is 35.5. The third-order valence-corrected chi connectivity index (χ3v) is 1.32. The molecule has 2 N–H and O–H groups in total. The average molecular weight is 162 g/mol. The van der Waals surface area contributed by atoms with Crippen LogP contribution in [0.25, 0.3) is 0 Å². The molecule has 0 aliphatic rings. The molecule has 0 radical (unpaired) electrons. The van der Waals surface area contributed by atoms with Gasteiger partial charge in [-0.25, -0.2) is 4.98 Å². The monoisotopic (exact) mass is 161 g/mol. The van der Waals surface area contributed by atoms with Crippen LogP contribution in [0.2, 0.25) is 0 Å². The Kier molecular flexibility index (Phi) is 3.39. The summed E-state index contributed by atoms with van der Waals surface area (Å²) in [5, 5.41) is 0. The number of aromatic nitrogens is 2. The molecule has 1 rings (SSSR count). The molecular weight excluding hydrogens is 150 g/mol. The van der Waals surface area contributed by atoms with Gasteiger partial charge in [-0.05, 0) is 6.92 Å². The van der Waals surface area contributed by atoms with Crippen molar-refractivity contribution >= 4 is 12.4 Å². The van der Waals surface area contributed by atoms with Crippen LogP contribution in [0.1, 0.15) is 18.7 Å². The van der Waals surface area contributed by atoms with E-state index < -0.39 is 0 Å². The molecule has 1 aromatic heterocycles. The van der Waals surface area contributed by atoms with E-state index in [2.05, 4.69) is 4.98 Å². The van der Waals surface area contributed by atoms with Gasteiger partial charge >= 0.3 is 0 Å². The highest BCUT2D eigenvalue weighted by molar-refractivity contribution is 5.85. The lowest BCUT2D eigenvalue weighted by molar-refractivity contribution is 0.715. The van der Waals surface area contributed by atoms with Gasteiger partial charge in [-0.2, -0.15) is 0 Å². The smallest absolute Gasteiger partial charge is 0.0946 e. The molecule has 1 aromatic rings. The Balaban J connectivity index is 0.000000810. The molecule has 1 atom stereocenters. The summed E-state index contributed by atoms with van der Waals surface area (Å²) in [4.78, 5) is 3.93. The van der Waals surface area contributed by atoms with Gasteiger partial charge in [0.25, 0.3) is 0 Å². The van der Waals surface area contributed by atoms with Crippen molar-refractivity contribution in [3.63, 3.8) is 0 Å². The summed E-state index contributed by atoms with van der Waals surface area (Å²) >= 11 is 0. The number of aryl methyl sites for hydroxylation is 1. The zero-order valence-electron chi connectivity index (χ0n) is 6.11. The quantitative estimate of drug-likeness (QED) is 0.664. The number of hydrogen-bond acceptors (Lipinski definition) is 2. The van der Waals surface area contributed by atoms with E-state index in [1.54, 1.807) is 12.5 Å². The van der Waals surface area contributed by atoms with E-state index in [1.807, 2.05) is 18.5 Å². The van der Waals surface area contributed by atoms with E-state index in [1.165, 1.54) is 0 Å². The molecule has 3 nitrogen and oxygen atoms in total. The number of rotatable bonds is 1. The van der Waals surface area contributed by atoms with Crippen molar-refractivity contribution in [1.82, 2.24) is 9.55 Å². The predicted molar refractivity (Wildman–Crippen MR) is 43.1 cm³/mol. The van der Waals surface area contributed by atoms with E-state index in [9.17, 15) is 0 Å². The molecule has 10 heavy (non-hydrogen) atoms. The topological polar surface area (TPSA) is 43.8 Å². The normalized spacial score (nSPS) is 12.3. The van der Waals surface area contributed by atoms with Gasteiger partial charge in [-0.3, -0.25) is 0 Å². The summed E-state index contributed by atoms with van der Waals surface area (Å²) in [5.41, 5.74) is 6.66. The van der Waals surface area contributed by atoms with E-state index in [0.29, 0.717) is 0 Å². The van der Waals surface area contributed by atoms with Gasteiger partial charge in [0.2, 0.25) is 0 Å². The molecule has 4 heteroatoms. The first-order valence-corrected chi connectivity index (χ1v) is 2.93. The number of hydrogen-bond donors (Lipinski definition) is 1. The maximum absolute atomic E-state index is 5.60. The Labute approximate surface area is 66.7 Å². The number of nitrogens with two attached hydrogens (primary N) is 1. The van der Waals surface area contributed by atoms with Crippen molar-refractivity contribution in [2.75, 3.05) is 0 Å². The first-order chi connectivity index (χ1) is 4.22. The fraction of sp³-hybridized carbons (Fsp3) is 0.500. The van der Waals surface area contributed by atoms with E-state index in [-0.39, 0.29) is 18.4 Å². The molecule has 0 aromatic carbocycles. The summed E-state index contributed by atoms with van der Waals surface area (Å²) in [6.07, 6.45) is 3.53. The van der Waals surface area contributed by atoms with Crippen LogP contribution in [0.5, 0.6) is 0 Å². The molecular formula is C6H12ClN3. The molecule has 0 fully saturated rings. The van der Waals surface area contributed by atoms with Gasteiger partial charge in [-0.1, -0.05) is 0 Å². The largest absolute Gasteiger partial charge is 0.336 e. The Bertz CT molecular complexity index is 195. The van der Waals surface area contributed by atoms with Gasteiger partial charge in [0, 0.05) is 19.3 Å². The Hall–Kier alpha value is -0.540. The second-order valence-corrected chi connectivity index (χ2v) is 2.22. The third kappa shape index (κ3) is 1.72. The fourth-order valence-electron chi connectivity index (χ4n) is 0.806. The SMILES string of the molecule is CC(N)c1cncn1C.Cl. The highest BCUT2D eigenvalue weighted by Crippen LogP contribution is 2.05. The van der Waals surface area contributed by atoms with Crippen LogP contribution in [-0.4, -0.2) is 9.55 Å². The first kappa shape index (κ1) is 9.46. The minimum atomic E-state index is 0. The summed E-state index contributed by atoms with van der Waals surface area (Å²) in [6, 6.07) is 0.0810. The minimum Gasteiger partial charge on any atom is -0.336 e. The van der Waals surface area contributed by atoms with E-state index in [4.69, 9.17) is 5.73 Å². The molecule has 0 spiro atoms. The average Bonchev–Trinajstić information content (AvgIpc) is 2.13. The zero-order chi connectivity index (χ0) is 6.85. The molecule has 1 unspecified atom stereocenters. The zero-order valence-corrected chi connectivity index (χ0v) is 6.93. The van der Waals surface area contributed by atoms with Crippen LogP contribution < -0.4 is 5.73 Å². The molecule has 0 aliphatic heterocycles. The van der Waals surface area contributed by atoms with Crippen molar-refractivity contribution in [2.24, 2.45) is 12.8 Å². The first-order valence-electron chi connectivity index (χ1n) is 2.93. The predicted octanol–water partition coefficient (Wildman–Crippen LogP) is 0.862. The molecule has 0 bridgehead atoms. The Morgan fingerprint density at radius 1 is 1.70 bits per heavy atom. The molecule has 0 saturated carbocycles. The van der Waals surface area contributed by atoms with Crippen molar-refractivity contribution in [1.29, 1.82) is 0 Å². The number of nitrogens with zero attached hydrogens (tertiary/aromatic N) is 2. The van der Waals surface area contributed by atoms with E-state index >= 15 is 0 Å². The third-order valence-electron chi connectivity index (χ3n) is 1.32. The van der Waals surface area contributed by atoms with Gasteiger partial charge < -0.3 is 10.3 Å². The number of imidazole rings is 1. The second kappa shape index (κ2) is 3.58. The Morgan fingerprint density at radius 2 is 2.30 bits per heavy atom. The van der Waals surface area contributed by atoms with E-state index in [0.717, 1.165) is 5.69 Å². The van der Waals surface area contributed by atoms with Crippen LogP contribution in [-0.2, 0) is 7.05 Å². The van der Waals surface area contributed by atoms with Crippen molar-refractivity contribution in [2.45, 2.75) is 13.0 Å². The maximum atomic E-state index is 5.60.